The minimum absolute atomic E-state index is 0.223. The van der Waals surface area contributed by atoms with Crippen molar-refractivity contribution in [3.05, 3.63) is 29.6 Å². The number of halogens is 1. The summed E-state index contributed by atoms with van der Waals surface area (Å²) in [5.41, 5.74) is 1.36. The average Bonchev–Trinajstić information content (AvgIpc) is 2.32. The third-order valence-corrected chi connectivity index (χ3v) is 2.58. The molecular weight excluding hydrogens is 217 g/mol. The van der Waals surface area contributed by atoms with Gasteiger partial charge >= 0.3 is 0 Å². The Balaban J connectivity index is 2.21. The molecule has 3 nitrogen and oxygen atoms in total. The van der Waals surface area contributed by atoms with E-state index in [9.17, 15) is 4.39 Å². The van der Waals surface area contributed by atoms with Crippen molar-refractivity contribution in [2.75, 3.05) is 18.4 Å². The molecule has 0 aromatic heterocycles. The van der Waals surface area contributed by atoms with Crippen LogP contribution < -0.4 is 10.6 Å². The Bertz CT molecular complexity index is 427. The summed E-state index contributed by atoms with van der Waals surface area (Å²) < 4.78 is 13.8. The Morgan fingerprint density at radius 3 is 2.82 bits per heavy atom. The zero-order chi connectivity index (χ0) is 12.3. The summed E-state index contributed by atoms with van der Waals surface area (Å²) in [4.78, 5) is 4.35. The maximum absolute atomic E-state index is 13.8. The smallest absolute Gasteiger partial charge is 0.147 e. The van der Waals surface area contributed by atoms with Crippen molar-refractivity contribution in [1.82, 2.24) is 5.32 Å². The lowest BCUT2D eigenvalue weighted by Gasteiger charge is -2.16. The van der Waals surface area contributed by atoms with Gasteiger partial charge in [0.05, 0.1) is 5.69 Å². The molecule has 0 amide bonds. The van der Waals surface area contributed by atoms with Crippen LogP contribution in [-0.4, -0.2) is 25.0 Å². The second-order valence-electron chi connectivity index (χ2n) is 4.50. The fraction of sp³-hybridized carbons (Fsp3) is 0.462. The van der Waals surface area contributed by atoms with Crippen LogP contribution in [0, 0.1) is 5.82 Å². The van der Waals surface area contributed by atoms with Gasteiger partial charge in [-0.15, -0.1) is 0 Å². The van der Waals surface area contributed by atoms with Crippen LogP contribution >= 0.6 is 0 Å². The van der Waals surface area contributed by atoms with E-state index in [0.29, 0.717) is 5.69 Å². The van der Waals surface area contributed by atoms with E-state index in [1.807, 2.05) is 19.9 Å². The molecule has 1 aromatic rings. The van der Waals surface area contributed by atoms with Crippen LogP contribution in [0.4, 0.5) is 10.1 Å². The third-order valence-electron chi connectivity index (χ3n) is 2.58. The van der Waals surface area contributed by atoms with Gasteiger partial charge < -0.3 is 10.6 Å². The summed E-state index contributed by atoms with van der Waals surface area (Å²) in [6.07, 6.45) is 1.04. The number of aliphatic imine (C=N–C) groups is 1. The lowest BCUT2D eigenvalue weighted by atomic mass is 10.1. The molecule has 0 spiro atoms. The minimum Gasteiger partial charge on any atom is -0.381 e. The third kappa shape index (κ3) is 2.96. The zero-order valence-electron chi connectivity index (χ0n) is 10.3. The second kappa shape index (κ2) is 5.17. The van der Waals surface area contributed by atoms with E-state index in [-0.39, 0.29) is 11.9 Å². The molecule has 0 bridgehead atoms. The quantitative estimate of drug-likeness (QED) is 0.844. The molecule has 2 N–H and O–H groups in total. The fourth-order valence-electron chi connectivity index (χ4n) is 1.82. The highest BCUT2D eigenvalue weighted by molar-refractivity contribution is 5.99. The zero-order valence-corrected chi connectivity index (χ0v) is 10.3. The maximum atomic E-state index is 13.8. The molecule has 0 unspecified atom stereocenters. The summed E-state index contributed by atoms with van der Waals surface area (Å²) in [5.74, 6) is 0.567. The highest BCUT2D eigenvalue weighted by atomic mass is 19.1. The molecule has 0 atom stereocenters. The molecule has 1 aliphatic rings. The lowest BCUT2D eigenvalue weighted by Crippen LogP contribution is -2.30. The van der Waals surface area contributed by atoms with Crippen LogP contribution in [0.25, 0.3) is 0 Å². The van der Waals surface area contributed by atoms with Gasteiger partial charge in [0, 0.05) is 24.7 Å². The van der Waals surface area contributed by atoms with Gasteiger partial charge in [-0.3, -0.25) is 4.99 Å². The number of anilines is 1. The van der Waals surface area contributed by atoms with Crippen LogP contribution in [0.5, 0.6) is 0 Å². The number of hydrogen-bond acceptors (Lipinski definition) is 3. The number of nitrogens with zero attached hydrogens (tertiary/aromatic N) is 1. The van der Waals surface area contributed by atoms with Crippen LogP contribution in [0.1, 0.15) is 25.8 Å². The Labute approximate surface area is 101 Å². The number of amidine groups is 1. The largest absolute Gasteiger partial charge is 0.381 e. The number of benzene rings is 1. The number of nitrogens with one attached hydrogen (secondary N) is 2. The van der Waals surface area contributed by atoms with Gasteiger partial charge in [-0.2, -0.15) is 0 Å². The Morgan fingerprint density at radius 2 is 2.24 bits per heavy atom. The molecule has 1 aromatic carbocycles. The first-order valence-corrected chi connectivity index (χ1v) is 6.01. The van der Waals surface area contributed by atoms with Crippen LogP contribution in [0.3, 0.4) is 0 Å². The van der Waals surface area contributed by atoms with E-state index >= 15 is 0 Å². The summed E-state index contributed by atoms with van der Waals surface area (Å²) in [6.45, 7) is 5.70. The van der Waals surface area contributed by atoms with Crippen molar-refractivity contribution in [1.29, 1.82) is 0 Å². The van der Waals surface area contributed by atoms with E-state index in [4.69, 9.17) is 0 Å². The van der Waals surface area contributed by atoms with Crippen LogP contribution in [0.15, 0.2) is 23.2 Å². The summed E-state index contributed by atoms with van der Waals surface area (Å²) >= 11 is 0. The summed E-state index contributed by atoms with van der Waals surface area (Å²) in [5, 5.41) is 6.25. The van der Waals surface area contributed by atoms with E-state index in [1.54, 1.807) is 6.07 Å². The van der Waals surface area contributed by atoms with E-state index in [1.165, 1.54) is 6.07 Å². The van der Waals surface area contributed by atoms with E-state index in [2.05, 4.69) is 15.6 Å². The molecule has 0 saturated heterocycles. The maximum Gasteiger partial charge on any atom is 0.147 e. The molecule has 17 heavy (non-hydrogen) atoms. The highest BCUT2D eigenvalue weighted by Crippen LogP contribution is 2.17. The van der Waals surface area contributed by atoms with Crippen molar-refractivity contribution in [2.45, 2.75) is 26.3 Å². The van der Waals surface area contributed by atoms with Crippen molar-refractivity contribution in [3.63, 3.8) is 0 Å². The summed E-state index contributed by atoms with van der Waals surface area (Å²) in [6, 6.07) is 5.41. The second-order valence-corrected chi connectivity index (χ2v) is 4.50. The Kier molecular flexibility index (Phi) is 3.61. The van der Waals surface area contributed by atoms with Crippen molar-refractivity contribution in [3.8, 4) is 0 Å². The predicted molar refractivity (Wildman–Crippen MR) is 69.2 cm³/mol. The number of rotatable bonds is 3. The topological polar surface area (TPSA) is 36.4 Å². The standard InChI is InChI=1S/C13H18FN3/c1-9(2)17-12-5-4-10(8-11(12)14)13-15-6-3-7-16-13/h4-5,8-9,17H,3,6-7H2,1-2H3,(H,15,16). The first-order chi connectivity index (χ1) is 8.16. The molecule has 1 aliphatic heterocycles. The van der Waals surface area contributed by atoms with Crippen molar-refractivity contribution >= 4 is 11.5 Å². The van der Waals surface area contributed by atoms with Gasteiger partial charge in [0.15, 0.2) is 0 Å². The van der Waals surface area contributed by atoms with Gasteiger partial charge in [-0.1, -0.05) is 0 Å². The van der Waals surface area contributed by atoms with Gasteiger partial charge in [0.1, 0.15) is 11.7 Å². The van der Waals surface area contributed by atoms with Crippen molar-refractivity contribution < 1.29 is 4.39 Å². The first-order valence-electron chi connectivity index (χ1n) is 6.01. The predicted octanol–water partition coefficient (Wildman–Crippen LogP) is 2.39. The molecule has 0 radical (unpaired) electrons. The van der Waals surface area contributed by atoms with E-state index < -0.39 is 0 Å². The summed E-state index contributed by atoms with van der Waals surface area (Å²) in [7, 11) is 0. The molecule has 0 aliphatic carbocycles. The minimum atomic E-state index is -0.230. The SMILES string of the molecule is CC(C)Nc1ccc(C2=NCCCN2)cc1F. The average molecular weight is 235 g/mol. The van der Waals surface area contributed by atoms with Crippen LogP contribution in [0.2, 0.25) is 0 Å². The van der Waals surface area contributed by atoms with Crippen LogP contribution in [-0.2, 0) is 0 Å². The highest BCUT2D eigenvalue weighted by Gasteiger charge is 2.10. The fourth-order valence-corrected chi connectivity index (χ4v) is 1.82. The molecule has 4 heteroatoms. The van der Waals surface area contributed by atoms with Gasteiger partial charge in [0.25, 0.3) is 0 Å². The molecular formula is C13H18FN3. The first kappa shape index (κ1) is 11.9. The molecule has 1 heterocycles. The molecule has 0 fully saturated rings. The molecule has 2 rings (SSSR count). The molecule has 92 valence electrons. The monoisotopic (exact) mass is 235 g/mol. The molecule has 0 saturated carbocycles. The van der Waals surface area contributed by atoms with Gasteiger partial charge in [-0.25, -0.2) is 4.39 Å². The number of hydrogen-bond donors (Lipinski definition) is 2. The normalized spacial score (nSPS) is 15.4. The van der Waals surface area contributed by atoms with E-state index in [0.717, 1.165) is 30.9 Å². The Morgan fingerprint density at radius 1 is 1.41 bits per heavy atom. The van der Waals surface area contributed by atoms with Gasteiger partial charge in [0.2, 0.25) is 0 Å². The lowest BCUT2D eigenvalue weighted by molar-refractivity contribution is 0.627. The van der Waals surface area contributed by atoms with Gasteiger partial charge in [-0.05, 0) is 38.5 Å². The van der Waals surface area contributed by atoms with Crippen molar-refractivity contribution in [2.24, 2.45) is 4.99 Å². The Hall–Kier alpha value is -1.58.